The minimum atomic E-state index is -1.36. The van der Waals surface area contributed by atoms with Gasteiger partial charge < -0.3 is 31.2 Å². The second-order valence-electron chi connectivity index (χ2n) is 7.86. The summed E-state index contributed by atoms with van der Waals surface area (Å²) in [6.07, 6.45) is 0. The van der Waals surface area contributed by atoms with Crippen LogP contribution in [0.1, 0.15) is 44.3 Å². The lowest BCUT2D eigenvalue weighted by atomic mass is 10.0. The van der Waals surface area contributed by atoms with Crippen LogP contribution in [0.5, 0.6) is 5.75 Å². The van der Waals surface area contributed by atoms with Gasteiger partial charge in [0, 0.05) is 5.56 Å². The number of methoxy groups -OCH3 is 1. The number of primary amides is 1. The first-order chi connectivity index (χ1) is 18.2. The predicted molar refractivity (Wildman–Crippen MR) is 137 cm³/mol. The first-order valence-electron chi connectivity index (χ1n) is 11.3. The Labute approximate surface area is 221 Å². The summed E-state index contributed by atoms with van der Waals surface area (Å²) in [7, 11) is 1.45. The van der Waals surface area contributed by atoms with E-state index < -0.39 is 42.1 Å². The van der Waals surface area contributed by atoms with Crippen molar-refractivity contribution in [1.29, 1.82) is 0 Å². The summed E-state index contributed by atoms with van der Waals surface area (Å²) in [5.41, 5.74) is 11.6. The Kier molecular flexibility index (Phi) is 9.33. The summed E-state index contributed by atoms with van der Waals surface area (Å²) in [6.45, 7) is 1.10. The number of esters is 1. The van der Waals surface area contributed by atoms with E-state index >= 15 is 0 Å². The summed E-state index contributed by atoms with van der Waals surface area (Å²) in [6, 6.07) is 10.4. The number of nitrogen functional groups attached to an aromatic ring is 1. The van der Waals surface area contributed by atoms with Gasteiger partial charge in [0.25, 0.3) is 11.8 Å². The van der Waals surface area contributed by atoms with Gasteiger partial charge in [-0.15, -0.1) is 0 Å². The van der Waals surface area contributed by atoms with Crippen LogP contribution in [0.2, 0.25) is 0 Å². The maximum Gasteiger partial charge on any atom is 0.325 e. The first-order valence-corrected chi connectivity index (χ1v) is 12.1. The standard InChI is InChI=1S/C25H26FN5O6S/c1-3-37-18(32)12-29-24(34)21(14-8-10-16(26)11-9-14)31(13-15-6-4-5-7-17(15)36-2)25(35)22-19(27)20(23(28)33)30-38-22/h4-11,21H,3,12-13,27H2,1-2H3,(H2,28,33)(H,29,34)/t21-/m1/s1. The molecule has 13 heteroatoms. The number of para-hydroxylation sites is 1. The van der Waals surface area contributed by atoms with Crippen molar-refractivity contribution in [1.82, 2.24) is 14.6 Å². The van der Waals surface area contributed by atoms with E-state index in [9.17, 15) is 23.6 Å². The molecule has 1 aromatic heterocycles. The van der Waals surface area contributed by atoms with E-state index in [2.05, 4.69) is 9.69 Å². The summed E-state index contributed by atoms with van der Waals surface area (Å²) in [4.78, 5) is 52.1. The molecule has 3 aromatic rings. The normalized spacial score (nSPS) is 11.3. The van der Waals surface area contributed by atoms with Crippen molar-refractivity contribution in [3.05, 3.63) is 76.0 Å². The molecule has 38 heavy (non-hydrogen) atoms. The van der Waals surface area contributed by atoms with Crippen molar-refractivity contribution in [2.75, 3.05) is 26.0 Å². The lowest BCUT2D eigenvalue weighted by molar-refractivity contribution is -0.143. The van der Waals surface area contributed by atoms with E-state index in [1.54, 1.807) is 31.2 Å². The predicted octanol–water partition coefficient (Wildman–Crippen LogP) is 2.03. The first kappa shape index (κ1) is 28.1. The van der Waals surface area contributed by atoms with E-state index in [1.807, 2.05) is 0 Å². The number of aromatic nitrogens is 1. The van der Waals surface area contributed by atoms with Gasteiger partial charge >= 0.3 is 5.97 Å². The van der Waals surface area contributed by atoms with Gasteiger partial charge in [-0.3, -0.25) is 19.2 Å². The average Bonchev–Trinajstić information content (AvgIpc) is 3.29. The summed E-state index contributed by atoms with van der Waals surface area (Å²) < 4.78 is 27.9. The molecule has 0 spiro atoms. The number of nitrogens with zero attached hydrogens (tertiary/aromatic N) is 2. The second-order valence-corrected chi connectivity index (χ2v) is 8.63. The average molecular weight is 544 g/mol. The topological polar surface area (TPSA) is 167 Å². The third kappa shape index (κ3) is 6.42. The fourth-order valence-electron chi connectivity index (χ4n) is 3.64. The van der Waals surface area contributed by atoms with Gasteiger partial charge in [0.05, 0.1) is 25.9 Å². The molecule has 3 rings (SSSR count). The number of halogens is 1. The molecule has 0 radical (unpaired) electrons. The molecule has 11 nitrogen and oxygen atoms in total. The highest BCUT2D eigenvalue weighted by molar-refractivity contribution is 7.09. The summed E-state index contributed by atoms with van der Waals surface area (Å²) >= 11 is 0.649. The number of hydrogen-bond donors (Lipinski definition) is 3. The van der Waals surface area contributed by atoms with Crippen LogP contribution in [0.15, 0.2) is 48.5 Å². The fourth-order valence-corrected chi connectivity index (χ4v) is 4.40. The van der Waals surface area contributed by atoms with Crippen molar-refractivity contribution in [3.8, 4) is 5.75 Å². The second kappa shape index (κ2) is 12.6. The van der Waals surface area contributed by atoms with Crippen molar-refractivity contribution >= 4 is 40.9 Å². The third-order valence-corrected chi connectivity index (χ3v) is 6.26. The number of nitrogens with one attached hydrogen (secondary N) is 1. The lowest BCUT2D eigenvalue weighted by Crippen LogP contribution is -2.44. The quantitative estimate of drug-likeness (QED) is 0.309. The molecular formula is C25H26FN5O6S. The SMILES string of the molecule is CCOC(=O)CNC(=O)[C@@H](c1ccc(F)cc1)N(Cc1ccccc1OC)C(=O)c1snc(C(N)=O)c1N. The van der Waals surface area contributed by atoms with Crippen LogP contribution < -0.4 is 21.5 Å². The molecule has 0 aliphatic carbocycles. The summed E-state index contributed by atoms with van der Waals surface area (Å²) in [5.74, 6) is -3.22. The molecule has 2 aromatic carbocycles. The van der Waals surface area contributed by atoms with E-state index in [1.165, 1.54) is 24.1 Å². The molecule has 0 fully saturated rings. The number of benzene rings is 2. The molecule has 0 saturated carbocycles. The molecule has 1 heterocycles. The zero-order valence-electron chi connectivity index (χ0n) is 20.6. The Balaban J connectivity index is 2.13. The van der Waals surface area contributed by atoms with Crippen LogP contribution in [-0.2, 0) is 20.9 Å². The smallest absolute Gasteiger partial charge is 0.325 e. The number of carbonyl (C=O) groups excluding carboxylic acids is 4. The van der Waals surface area contributed by atoms with Gasteiger partial charge in [0.15, 0.2) is 5.69 Å². The van der Waals surface area contributed by atoms with Gasteiger partial charge in [0.2, 0.25) is 5.91 Å². The van der Waals surface area contributed by atoms with Crippen LogP contribution in [0.3, 0.4) is 0 Å². The van der Waals surface area contributed by atoms with Gasteiger partial charge in [0.1, 0.15) is 29.0 Å². The molecule has 5 N–H and O–H groups in total. The highest BCUT2D eigenvalue weighted by Gasteiger charge is 2.35. The zero-order chi connectivity index (χ0) is 27.8. The van der Waals surface area contributed by atoms with Gasteiger partial charge in [-0.25, -0.2) is 4.39 Å². The molecule has 0 aliphatic heterocycles. The molecule has 0 saturated heterocycles. The maximum absolute atomic E-state index is 13.9. The van der Waals surface area contributed by atoms with Crippen LogP contribution in [-0.4, -0.2) is 53.2 Å². The molecule has 200 valence electrons. The van der Waals surface area contributed by atoms with Crippen molar-refractivity contribution in [3.63, 3.8) is 0 Å². The van der Waals surface area contributed by atoms with Crippen LogP contribution in [0, 0.1) is 5.82 Å². The van der Waals surface area contributed by atoms with E-state index in [-0.39, 0.29) is 35.0 Å². The largest absolute Gasteiger partial charge is 0.496 e. The maximum atomic E-state index is 13.9. The highest BCUT2D eigenvalue weighted by Crippen LogP contribution is 2.32. The van der Waals surface area contributed by atoms with Crippen LogP contribution >= 0.6 is 11.5 Å². The van der Waals surface area contributed by atoms with Gasteiger partial charge in [-0.2, -0.15) is 4.37 Å². The Morgan fingerprint density at radius 2 is 1.82 bits per heavy atom. The summed E-state index contributed by atoms with van der Waals surface area (Å²) in [5, 5.41) is 2.47. The van der Waals surface area contributed by atoms with E-state index in [0.717, 1.165) is 12.1 Å². The highest BCUT2D eigenvalue weighted by atomic mass is 32.1. The molecular weight excluding hydrogens is 517 g/mol. The van der Waals surface area contributed by atoms with E-state index in [4.69, 9.17) is 20.9 Å². The Morgan fingerprint density at radius 1 is 1.13 bits per heavy atom. The Bertz CT molecular complexity index is 1330. The van der Waals surface area contributed by atoms with E-state index in [0.29, 0.717) is 22.8 Å². The molecule has 3 amide bonds. The van der Waals surface area contributed by atoms with Crippen molar-refractivity contribution in [2.45, 2.75) is 19.5 Å². The van der Waals surface area contributed by atoms with Gasteiger partial charge in [-0.05, 0) is 42.2 Å². The fraction of sp³-hybridized carbons (Fsp3) is 0.240. The van der Waals surface area contributed by atoms with Gasteiger partial charge in [-0.1, -0.05) is 30.3 Å². The molecule has 0 unspecified atom stereocenters. The Morgan fingerprint density at radius 3 is 2.42 bits per heavy atom. The van der Waals surface area contributed by atoms with Crippen molar-refractivity contribution in [2.24, 2.45) is 5.73 Å². The zero-order valence-corrected chi connectivity index (χ0v) is 21.4. The number of hydrogen-bond acceptors (Lipinski definition) is 9. The molecule has 1 atom stereocenters. The van der Waals surface area contributed by atoms with Crippen molar-refractivity contribution < 1.29 is 33.0 Å². The minimum absolute atomic E-state index is 0.112. The Hall–Kier alpha value is -4.52. The number of carbonyl (C=O) groups is 4. The number of ether oxygens (including phenoxy) is 2. The number of anilines is 1. The monoisotopic (exact) mass is 543 g/mol. The van der Waals surface area contributed by atoms with Crippen LogP contribution in [0.4, 0.5) is 10.1 Å². The molecule has 0 bridgehead atoms. The number of nitrogens with two attached hydrogens (primary N) is 2. The lowest BCUT2D eigenvalue weighted by Gasteiger charge is -2.31. The number of rotatable bonds is 11. The van der Waals surface area contributed by atoms with Crippen LogP contribution in [0.25, 0.3) is 0 Å². The molecule has 0 aliphatic rings. The number of amides is 3. The minimum Gasteiger partial charge on any atom is -0.496 e. The third-order valence-electron chi connectivity index (χ3n) is 5.41.